The number of furan rings is 1. The average Bonchev–Trinajstić information content (AvgIpc) is 3.71. The smallest absolute Gasteiger partial charge is 0.164 e. The first kappa shape index (κ1) is 48.0. The van der Waals surface area contributed by atoms with Gasteiger partial charge in [0.05, 0.1) is 0 Å². The lowest BCUT2D eigenvalue weighted by atomic mass is 9.55. The van der Waals surface area contributed by atoms with Crippen molar-refractivity contribution < 1.29 is 4.42 Å². The molecular weight excluding hydrogens is 802 g/mol. The van der Waals surface area contributed by atoms with E-state index in [9.17, 15) is 0 Å². The van der Waals surface area contributed by atoms with E-state index in [0.29, 0.717) is 5.56 Å². The number of hydrogen-bond donors (Lipinski definition) is 0. The monoisotopic (exact) mass is 811 g/mol. The van der Waals surface area contributed by atoms with Crippen LogP contribution in [0, 0.1) is 0 Å². The quantitative estimate of drug-likeness (QED) is 0.163. The maximum absolute atomic E-state index is 7.10. The molecule has 7 aromatic carbocycles. The highest BCUT2D eigenvalue weighted by atomic mass is 16.3. The molecule has 2 heterocycles. The van der Waals surface area contributed by atoms with Gasteiger partial charge in [-0.15, -0.1) is 27.3 Å². The third-order valence-electron chi connectivity index (χ3n) is 12.4. The zero-order valence-electron chi connectivity index (χ0n) is 35.8. The van der Waals surface area contributed by atoms with Gasteiger partial charge in [0.2, 0.25) is 0 Å². The first-order valence-corrected chi connectivity index (χ1v) is 20.1. The molecule has 0 atom stereocenters. The van der Waals surface area contributed by atoms with Crippen molar-refractivity contribution in [2.24, 2.45) is 0 Å². The zero-order valence-corrected chi connectivity index (χ0v) is 35.8. The van der Waals surface area contributed by atoms with Crippen LogP contribution in [0.4, 0.5) is 0 Å². The van der Waals surface area contributed by atoms with Gasteiger partial charge in [-0.25, -0.2) is 15.0 Å². The second-order valence-electron chi connectivity index (χ2n) is 16.1. The molecule has 68 heavy (non-hydrogen) atoms. The molecule has 9 aromatic rings. The summed E-state index contributed by atoms with van der Waals surface area (Å²) in [5.41, 5.74) is -0.205. The van der Waals surface area contributed by atoms with Gasteiger partial charge in [0, 0.05) is 27.5 Å². The van der Waals surface area contributed by atoms with Gasteiger partial charge in [0.25, 0.3) is 0 Å². The van der Waals surface area contributed by atoms with E-state index in [1.807, 2.05) is 6.07 Å². The molecule has 0 saturated heterocycles. The van der Waals surface area contributed by atoms with E-state index in [1.54, 1.807) is 24.3 Å². The van der Waals surface area contributed by atoms with Gasteiger partial charge in [0.1, 0.15) is 176 Å². The highest BCUT2D eigenvalue weighted by Crippen LogP contribution is 2.33. The van der Waals surface area contributed by atoms with Crippen LogP contribution in [0.1, 0.15) is 0 Å². The molecule has 4 nitrogen and oxygen atoms in total. The van der Waals surface area contributed by atoms with Crippen LogP contribution in [0.15, 0.2) is 40.8 Å². The molecule has 0 aliphatic heterocycles. The molecular formula is C43H6B21N3O. The van der Waals surface area contributed by atoms with Crippen LogP contribution in [0.5, 0.6) is 0 Å². The van der Waals surface area contributed by atoms with Gasteiger partial charge >= 0.3 is 0 Å². The zero-order chi connectivity index (χ0) is 49.4. The summed E-state index contributed by atoms with van der Waals surface area (Å²) in [4.78, 5) is 14.6. The second-order valence-corrected chi connectivity index (χ2v) is 16.1. The Hall–Kier alpha value is -5.03. The van der Waals surface area contributed by atoms with Gasteiger partial charge < -0.3 is 4.42 Å². The lowest BCUT2D eigenvalue weighted by Gasteiger charge is -2.30. The summed E-state index contributed by atoms with van der Waals surface area (Å²) in [6, 6.07) is 10.3. The first-order chi connectivity index (χ1) is 32.0. The molecule has 0 spiro atoms. The molecule has 9 rings (SSSR count). The Morgan fingerprint density at radius 2 is 0.618 bits per heavy atom. The summed E-state index contributed by atoms with van der Waals surface area (Å²) in [5.74, 6) is -0.0242. The molecule has 25 heteroatoms. The van der Waals surface area contributed by atoms with Crippen molar-refractivity contribution in [3.8, 4) is 56.4 Å². The molecule has 0 fully saturated rings. The molecule has 0 N–H and O–H groups in total. The van der Waals surface area contributed by atoms with Crippen molar-refractivity contribution >= 4 is 312 Å². The first-order valence-electron chi connectivity index (χ1n) is 20.1. The van der Waals surface area contributed by atoms with Gasteiger partial charge in [-0.05, 0) is 33.0 Å². The normalized spacial score (nSPS) is 11.6. The molecule has 0 aliphatic carbocycles. The lowest BCUT2D eigenvalue weighted by molar-refractivity contribution is 0.675. The van der Waals surface area contributed by atoms with E-state index in [0.717, 1.165) is 0 Å². The van der Waals surface area contributed by atoms with E-state index < -0.39 is 0 Å². The minimum atomic E-state index is -0.153. The topological polar surface area (TPSA) is 51.8 Å². The minimum Gasteiger partial charge on any atom is -0.457 e. The van der Waals surface area contributed by atoms with Crippen molar-refractivity contribution in [3.05, 3.63) is 36.4 Å². The molecule has 0 unspecified atom stereocenters. The predicted molar refractivity (Wildman–Crippen MR) is 305 cm³/mol. The van der Waals surface area contributed by atoms with Gasteiger partial charge in [-0.3, -0.25) is 0 Å². The van der Waals surface area contributed by atoms with E-state index in [-0.39, 0.29) is 198 Å². The van der Waals surface area contributed by atoms with Crippen molar-refractivity contribution in [3.63, 3.8) is 0 Å². The molecule has 0 bridgehead atoms. The summed E-state index contributed by atoms with van der Waals surface area (Å²) in [5, 5.41) is 0.750. The summed E-state index contributed by atoms with van der Waals surface area (Å²) >= 11 is 0. The summed E-state index contributed by atoms with van der Waals surface area (Å²) in [6.07, 6.45) is 0. The van der Waals surface area contributed by atoms with E-state index >= 15 is 0 Å². The van der Waals surface area contributed by atoms with Crippen LogP contribution in [-0.2, 0) is 0 Å². The average molecular weight is 808 g/mol. The number of benzene rings is 7. The highest BCUT2D eigenvalue weighted by molar-refractivity contribution is 6.74. The molecule has 0 amide bonds. The number of rotatable bonds is 5. The Labute approximate surface area is 421 Å². The van der Waals surface area contributed by atoms with Crippen LogP contribution < -0.4 is 115 Å². The Morgan fingerprint density at radius 1 is 0.265 bits per heavy atom. The van der Waals surface area contributed by atoms with E-state index in [1.165, 1.54) is 6.07 Å². The van der Waals surface area contributed by atoms with Crippen LogP contribution in [-0.4, -0.2) is 180 Å². The van der Waals surface area contributed by atoms with Crippen LogP contribution in [0.2, 0.25) is 0 Å². The van der Waals surface area contributed by atoms with Gasteiger partial charge in [0.15, 0.2) is 17.5 Å². The van der Waals surface area contributed by atoms with Crippen molar-refractivity contribution in [2.75, 3.05) is 0 Å². The molecule has 262 valence electrons. The fourth-order valence-corrected chi connectivity index (χ4v) is 8.78. The summed E-state index contributed by atoms with van der Waals surface area (Å²) < 4.78 is 6.20. The Bertz CT molecular complexity index is 3740. The second kappa shape index (κ2) is 17.1. The standard InChI is InChI=1S/C43H6B21N3O/c44-8-6-9(45)11(20(46)10(8)13-22(48)25(51)16(26(52)23(13)49)14-21(47)15-17(27(53)24(14)50)29(55)33(59)32(58)28(15)54)42-65-41(7-4-2-1-3-5-7)66-43(67-42)19-12-18-30(56)34(60)36(62)38(64)40(18)68-39(12)37(63)35(61)31(19)57/h1-6H. The van der Waals surface area contributed by atoms with Crippen LogP contribution in [0.3, 0.4) is 0 Å². The Kier molecular flexibility index (Phi) is 12.1. The predicted octanol–water partition coefficient (Wildman–Crippen LogP) is -14.1. The summed E-state index contributed by atoms with van der Waals surface area (Å²) in [6.45, 7) is 0. The number of fused-ring (bicyclic) bond motifs is 4. The van der Waals surface area contributed by atoms with E-state index in [4.69, 9.17) is 184 Å². The number of hydrogen-bond acceptors (Lipinski definition) is 4. The van der Waals surface area contributed by atoms with Crippen molar-refractivity contribution in [2.45, 2.75) is 0 Å². The fraction of sp³-hybridized carbons (Fsp3) is 0. The van der Waals surface area contributed by atoms with Gasteiger partial charge in [-0.1, -0.05) is 124 Å². The SMILES string of the molecule is [B]c1cc([B])c(-c2c([B])c([B])c(-c3c([B])c([B])c4c([B])c([B])c([B])c([B])c4c3[B])c([B])c2[B])c([B])c1-c1nc(-c2ccccc2)nc(-c2c([B])c([B])c([B])c3oc4c([B])c([B])c([B])c([B])c4c23)n1. The molecule has 42 radical (unpaired) electrons. The number of aromatic nitrogens is 3. The number of nitrogens with zero attached hydrogens (tertiary/aromatic N) is 3. The van der Waals surface area contributed by atoms with Crippen molar-refractivity contribution in [1.82, 2.24) is 15.0 Å². The molecule has 2 aromatic heterocycles. The maximum Gasteiger partial charge on any atom is 0.164 e. The van der Waals surface area contributed by atoms with Crippen LogP contribution >= 0.6 is 0 Å². The van der Waals surface area contributed by atoms with Gasteiger partial charge in [-0.2, -0.15) is 0 Å². The Balaban J connectivity index is 1.33. The molecule has 0 aliphatic rings. The highest BCUT2D eigenvalue weighted by Gasteiger charge is 2.28. The fourth-order valence-electron chi connectivity index (χ4n) is 8.78. The van der Waals surface area contributed by atoms with Crippen molar-refractivity contribution in [1.29, 1.82) is 0 Å². The largest absolute Gasteiger partial charge is 0.457 e. The maximum atomic E-state index is 7.10. The third kappa shape index (κ3) is 6.85. The lowest BCUT2D eigenvalue weighted by Crippen LogP contribution is -2.53. The van der Waals surface area contributed by atoms with Crippen LogP contribution in [0.25, 0.3) is 89.1 Å². The van der Waals surface area contributed by atoms with E-state index in [2.05, 4.69) is 0 Å². The minimum absolute atomic E-state index is 0.00334. The molecule has 0 saturated carbocycles. The summed E-state index contributed by atoms with van der Waals surface area (Å²) in [7, 11) is 139. The Morgan fingerprint density at radius 3 is 1.16 bits per heavy atom. The third-order valence-corrected chi connectivity index (χ3v) is 12.4.